The van der Waals surface area contributed by atoms with Gasteiger partial charge in [-0.3, -0.25) is 4.79 Å². The van der Waals surface area contributed by atoms with Crippen LogP contribution in [0.2, 0.25) is 0 Å². The van der Waals surface area contributed by atoms with E-state index in [1.54, 1.807) is 13.8 Å². The van der Waals surface area contributed by atoms with Gasteiger partial charge in [0.25, 0.3) is 5.82 Å². The standard InChI is InChI=1S/C14H19F3N6O/c1-4-6-18-10(24)5-7-19-11-8(2)9(3)12-20-21-13(14(15,16)17)23(12)22-11/h4-7H2,1-3H3,(H,18,24)(H,19,22). The number of aryl methyl sites for hydroxylation is 1. The van der Waals surface area contributed by atoms with Crippen LogP contribution in [0.1, 0.15) is 36.7 Å². The Hall–Kier alpha value is -2.39. The number of fused-ring (bicyclic) bond motifs is 1. The van der Waals surface area contributed by atoms with Gasteiger partial charge in [0.05, 0.1) is 0 Å². The molecule has 0 radical (unpaired) electrons. The van der Waals surface area contributed by atoms with Gasteiger partial charge in [-0.15, -0.1) is 15.3 Å². The third kappa shape index (κ3) is 3.74. The molecule has 0 spiro atoms. The zero-order valence-corrected chi connectivity index (χ0v) is 13.7. The molecule has 1 amide bonds. The average molecular weight is 344 g/mol. The van der Waals surface area contributed by atoms with Crippen LogP contribution in [0.5, 0.6) is 0 Å². The van der Waals surface area contributed by atoms with Crippen molar-refractivity contribution in [1.29, 1.82) is 0 Å². The van der Waals surface area contributed by atoms with Crippen molar-refractivity contribution in [2.75, 3.05) is 18.4 Å². The minimum Gasteiger partial charge on any atom is -0.368 e. The SMILES string of the molecule is CCCNC(=O)CCNc1nn2c(C(F)(F)F)nnc2c(C)c1C. The summed E-state index contributed by atoms with van der Waals surface area (Å²) < 4.78 is 39.5. The van der Waals surface area contributed by atoms with E-state index in [2.05, 4.69) is 25.9 Å². The Morgan fingerprint density at radius 2 is 1.88 bits per heavy atom. The molecule has 2 aromatic rings. The van der Waals surface area contributed by atoms with Gasteiger partial charge in [-0.2, -0.15) is 17.7 Å². The highest BCUT2D eigenvalue weighted by molar-refractivity contribution is 5.76. The van der Waals surface area contributed by atoms with E-state index in [4.69, 9.17) is 0 Å². The first-order valence-electron chi connectivity index (χ1n) is 7.56. The van der Waals surface area contributed by atoms with Crippen molar-refractivity contribution in [2.45, 2.75) is 39.8 Å². The summed E-state index contributed by atoms with van der Waals surface area (Å²) in [5.41, 5.74) is 1.27. The molecule has 132 valence electrons. The number of nitrogens with zero attached hydrogens (tertiary/aromatic N) is 4. The van der Waals surface area contributed by atoms with Crippen LogP contribution in [-0.4, -0.2) is 38.8 Å². The van der Waals surface area contributed by atoms with Gasteiger partial charge in [-0.25, -0.2) is 0 Å². The lowest BCUT2D eigenvalue weighted by atomic mass is 10.2. The van der Waals surface area contributed by atoms with Crippen LogP contribution in [0.15, 0.2) is 0 Å². The Kier molecular flexibility index (Phi) is 5.25. The summed E-state index contributed by atoms with van der Waals surface area (Å²) in [6, 6.07) is 0. The van der Waals surface area contributed by atoms with Crippen LogP contribution >= 0.6 is 0 Å². The van der Waals surface area contributed by atoms with Crippen molar-refractivity contribution in [2.24, 2.45) is 0 Å². The average Bonchev–Trinajstić information content (AvgIpc) is 2.94. The summed E-state index contributed by atoms with van der Waals surface area (Å²) in [4.78, 5) is 11.6. The van der Waals surface area contributed by atoms with Gasteiger partial charge in [0.1, 0.15) is 5.82 Å². The fourth-order valence-corrected chi connectivity index (χ4v) is 2.12. The van der Waals surface area contributed by atoms with E-state index in [-0.39, 0.29) is 30.3 Å². The van der Waals surface area contributed by atoms with Gasteiger partial charge in [-0.1, -0.05) is 6.92 Å². The number of carbonyl (C=O) groups is 1. The maximum Gasteiger partial charge on any atom is 0.453 e. The Morgan fingerprint density at radius 3 is 2.50 bits per heavy atom. The molecular weight excluding hydrogens is 325 g/mol. The molecule has 0 aliphatic carbocycles. The first-order chi connectivity index (χ1) is 11.3. The monoisotopic (exact) mass is 344 g/mol. The van der Waals surface area contributed by atoms with Crippen LogP contribution in [0.25, 0.3) is 5.65 Å². The van der Waals surface area contributed by atoms with Crippen LogP contribution in [-0.2, 0) is 11.0 Å². The molecule has 0 unspecified atom stereocenters. The molecule has 2 heterocycles. The molecule has 2 N–H and O–H groups in total. The molecule has 10 heteroatoms. The molecule has 0 saturated heterocycles. The normalized spacial score (nSPS) is 11.8. The largest absolute Gasteiger partial charge is 0.453 e. The highest BCUT2D eigenvalue weighted by Crippen LogP contribution is 2.29. The van der Waals surface area contributed by atoms with E-state index in [9.17, 15) is 18.0 Å². The fourth-order valence-electron chi connectivity index (χ4n) is 2.12. The van der Waals surface area contributed by atoms with Crippen LogP contribution in [0.3, 0.4) is 0 Å². The first kappa shape index (κ1) is 18.0. The summed E-state index contributed by atoms with van der Waals surface area (Å²) in [6.45, 7) is 6.18. The number of rotatable bonds is 6. The topological polar surface area (TPSA) is 84.2 Å². The summed E-state index contributed by atoms with van der Waals surface area (Å²) in [6.07, 6.45) is -3.61. The van der Waals surface area contributed by atoms with Gasteiger partial charge < -0.3 is 10.6 Å². The van der Waals surface area contributed by atoms with Crippen molar-refractivity contribution >= 4 is 17.4 Å². The minimum absolute atomic E-state index is 0.0612. The highest BCUT2D eigenvalue weighted by Gasteiger charge is 2.38. The first-order valence-corrected chi connectivity index (χ1v) is 7.56. The van der Waals surface area contributed by atoms with Crippen molar-refractivity contribution in [1.82, 2.24) is 25.1 Å². The number of nitrogens with one attached hydrogen (secondary N) is 2. The van der Waals surface area contributed by atoms with Crippen molar-refractivity contribution in [3.8, 4) is 0 Å². The molecular formula is C14H19F3N6O. The number of carbonyl (C=O) groups excluding carboxylic acids is 1. The predicted molar refractivity (Wildman–Crippen MR) is 81.7 cm³/mol. The summed E-state index contributed by atoms with van der Waals surface area (Å²) >= 11 is 0. The van der Waals surface area contributed by atoms with E-state index in [1.165, 1.54) is 0 Å². The van der Waals surface area contributed by atoms with Crippen molar-refractivity contribution in [3.05, 3.63) is 17.0 Å². The lowest BCUT2D eigenvalue weighted by Crippen LogP contribution is -2.26. The number of amides is 1. The van der Waals surface area contributed by atoms with Gasteiger partial charge in [0, 0.05) is 25.1 Å². The maximum absolute atomic E-state index is 13.0. The highest BCUT2D eigenvalue weighted by atomic mass is 19.4. The Balaban J connectivity index is 2.21. The number of alkyl halides is 3. The minimum atomic E-state index is -4.65. The van der Waals surface area contributed by atoms with Crippen molar-refractivity contribution < 1.29 is 18.0 Å². The molecule has 0 fully saturated rings. The van der Waals surface area contributed by atoms with Gasteiger partial charge in [0.2, 0.25) is 5.91 Å². The second-order valence-electron chi connectivity index (χ2n) is 5.38. The molecule has 7 nitrogen and oxygen atoms in total. The van der Waals surface area contributed by atoms with Crippen LogP contribution < -0.4 is 10.6 Å². The van der Waals surface area contributed by atoms with Gasteiger partial charge in [0.15, 0.2) is 5.65 Å². The molecule has 0 aromatic carbocycles. The summed E-state index contributed by atoms with van der Waals surface area (Å²) in [5, 5.41) is 16.3. The Morgan fingerprint density at radius 1 is 1.17 bits per heavy atom. The predicted octanol–water partition coefficient (Wildman–Crippen LogP) is 2.09. The lowest BCUT2D eigenvalue weighted by molar-refractivity contribution is -0.146. The number of anilines is 1. The van der Waals surface area contributed by atoms with Gasteiger partial charge >= 0.3 is 6.18 Å². The summed E-state index contributed by atoms with van der Waals surface area (Å²) in [5.74, 6) is -1.03. The number of hydrogen-bond acceptors (Lipinski definition) is 5. The third-order valence-corrected chi connectivity index (χ3v) is 3.56. The fraction of sp³-hybridized carbons (Fsp3) is 0.571. The van der Waals surface area contributed by atoms with E-state index in [1.807, 2.05) is 6.92 Å². The second kappa shape index (κ2) is 7.02. The van der Waals surface area contributed by atoms with Crippen LogP contribution in [0.4, 0.5) is 19.0 Å². The zero-order valence-electron chi connectivity index (χ0n) is 13.7. The lowest BCUT2D eigenvalue weighted by Gasteiger charge is -2.12. The molecule has 0 bridgehead atoms. The molecule has 24 heavy (non-hydrogen) atoms. The second-order valence-corrected chi connectivity index (χ2v) is 5.38. The van der Waals surface area contributed by atoms with Gasteiger partial charge in [-0.05, 0) is 25.8 Å². The number of hydrogen-bond donors (Lipinski definition) is 2. The Labute approximate surface area is 136 Å². The quantitative estimate of drug-likeness (QED) is 0.838. The van der Waals surface area contributed by atoms with E-state index in [0.29, 0.717) is 22.2 Å². The number of halogens is 3. The maximum atomic E-state index is 13.0. The Bertz CT molecular complexity index is 740. The van der Waals surface area contributed by atoms with Crippen molar-refractivity contribution in [3.63, 3.8) is 0 Å². The van der Waals surface area contributed by atoms with E-state index < -0.39 is 12.0 Å². The molecule has 2 aromatic heterocycles. The molecule has 0 atom stereocenters. The third-order valence-electron chi connectivity index (χ3n) is 3.56. The van der Waals surface area contributed by atoms with E-state index >= 15 is 0 Å². The van der Waals surface area contributed by atoms with Crippen LogP contribution in [0, 0.1) is 13.8 Å². The summed E-state index contributed by atoms with van der Waals surface area (Å²) in [7, 11) is 0. The molecule has 0 saturated carbocycles. The smallest absolute Gasteiger partial charge is 0.368 e. The molecule has 0 aliphatic heterocycles. The molecule has 0 aliphatic rings. The molecule has 2 rings (SSSR count). The number of aromatic nitrogens is 4. The van der Waals surface area contributed by atoms with E-state index in [0.717, 1.165) is 6.42 Å². The zero-order chi connectivity index (χ0) is 17.9.